The van der Waals surface area contributed by atoms with Gasteiger partial charge in [0.1, 0.15) is 10.7 Å². The van der Waals surface area contributed by atoms with Crippen LogP contribution in [0.4, 0.5) is 0 Å². The molecule has 0 unspecified atom stereocenters. The van der Waals surface area contributed by atoms with Crippen molar-refractivity contribution in [2.75, 3.05) is 0 Å². The first kappa shape index (κ1) is 15.2. The summed E-state index contributed by atoms with van der Waals surface area (Å²) in [4.78, 5) is 13.7. The fraction of sp³-hybridized carbons (Fsp3) is 0.100. The molecule has 0 saturated carbocycles. The number of nitrogens with one attached hydrogen (secondary N) is 1. The second-order valence-corrected chi connectivity index (χ2v) is 7.11. The average molecular weight is 357 g/mol. The van der Waals surface area contributed by atoms with E-state index >= 15 is 0 Å². The van der Waals surface area contributed by atoms with Crippen LogP contribution in [0.25, 0.3) is 16.8 Å². The van der Waals surface area contributed by atoms with E-state index in [0.29, 0.717) is 0 Å². The van der Waals surface area contributed by atoms with Gasteiger partial charge in [0.2, 0.25) is 0 Å². The Hall–Kier alpha value is -3.12. The lowest BCUT2D eigenvalue weighted by atomic mass is 9.72. The number of aromatic nitrogens is 5. The Morgan fingerprint density at radius 3 is 2.31 bits per heavy atom. The Balaban J connectivity index is 1.67. The quantitative estimate of drug-likeness (QED) is 0.604. The van der Waals surface area contributed by atoms with Crippen molar-refractivity contribution in [3.8, 4) is 10.7 Å². The third kappa shape index (κ3) is 2.30. The molecule has 0 aliphatic heterocycles. The maximum Gasteiger partial charge on any atom is 0.144 e. The largest absolute Gasteiger partial charge is 0.281 e. The number of fused-ring (bicyclic) bond motifs is 1. The molecule has 0 aromatic carbocycles. The minimum Gasteiger partial charge on any atom is -0.281 e. The van der Waals surface area contributed by atoms with Crippen molar-refractivity contribution < 1.29 is 0 Å². The monoisotopic (exact) mass is 357 g/mol. The van der Waals surface area contributed by atoms with Gasteiger partial charge < -0.3 is 0 Å². The van der Waals surface area contributed by atoms with Gasteiger partial charge in [0, 0.05) is 41.6 Å². The summed E-state index contributed by atoms with van der Waals surface area (Å²) >= 11 is 1.59. The van der Waals surface area contributed by atoms with Crippen molar-refractivity contribution in [3.63, 3.8) is 0 Å². The van der Waals surface area contributed by atoms with E-state index in [4.69, 9.17) is 0 Å². The van der Waals surface area contributed by atoms with Crippen molar-refractivity contribution >= 4 is 17.4 Å². The van der Waals surface area contributed by atoms with Gasteiger partial charge in [-0.1, -0.05) is 24.3 Å². The van der Waals surface area contributed by atoms with E-state index in [0.717, 1.165) is 39.8 Å². The number of H-pyrrole nitrogens is 1. The number of thiazole rings is 1. The van der Waals surface area contributed by atoms with E-state index in [1.807, 2.05) is 42.0 Å². The van der Waals surface area contributed by atoms with Crippen LogP contribution < -0.4 is 0 Å². The molecule has 126 valence electrons. The van der Waals surface area contributed by atoms with E-state index in [1.54, 1.807) is 17.5 Å². The maximum atomic E-state index is 4.64. The van der Waals surface area contributed by atoms with Gasteiger partial charge in [0.25, 0.3) is 0 Å². The van der Waals surface area contributed by atoms with Gasteiger partial charge in [-0.3, -0.25) is 15.1 Å². The molecule has 0 bridgehead atoms. The normalized spacial score (nSPS) is 14.9. The van der Waals surface area contributed by atoms with Crippen LogP contribution in [0.2, 0.25) is 0 Å². The predicted molar refractivity (Wildman–Crippen MR) is 102 cm³/mol. The summed E-state index contributed by atoms with van der Waals surface area (Å²) in [5.41, 5.74) is 4.62. The van der Waals surface area contributed by atoms with Crippen molar-refractivity contribution in [1.82, 2.24) is 25.1 Å². The first-order chi connectivity index (χ1) is 12.9. The Morgan fingerprint density at radius 1 is 0.923 bits per heavy atom. The summed E-state index contributed by atoms with van der Waals surface area (Å²) < 4.78 is 0. The fourth-order valence-electron chi connectivity index (χ4n) is 3.50. The van der Waals surface area contributed by atoms with Crippen LogP contribution in [0.3, 0.4) is 0 Å². The number of rotatable bonds is 3. The summed E-state index contributed by atoms with van der Waals surface area (Å²) in [6, 6.07) is 12.0. The number of hydrogen-bond donors (Lipinski definition) is 1. The van der Waals surface area contributed by atoms with Crippen LogP contribution in [0.15, 0.2) is 66.4 Å². The summed E-state index contributed by atoms with van der Waals surface area (Å²) in [5, 5.41) is 10.6. The van der Waals surface area contributed by atoms with Crippen molar-refractivity contribution in [1.29, 1.82) is 0 Å². The molecule has 0 amide bonds. The number of nitrogens with zero attached hydrogens (tertiary/aromatic N) is 4. The number of pyridine rings is 2. The second kappa shape index (κ2) is 6.00. The first-order valence-electron chi connectivity index (χ1n) is 8.36. The molecule has 5 rings (SSSR count). The average Bonchev–Trinajstić information content (AvgIpc) is 3.38. The predicted octanol–water partition coefficient (Wildman–Crippen LogP) is 3.88. The van der Waals surface area contributed by atoms with Crippen LogP contribution in [-0.2, 0) is 11.8 Å². The Kier molecular flexibility index (Phi) is 3.50. The molecule has 0 fully saturated rings. The Bertz CT molecular complexity index is 1010. The fourth-order valence-corrected chi connectivity index (χ4v) is 4.14. The smallest absolute Gasteiger partial charge is 0.144 e. The van der Waals surface area contributed by atoms with E-state index in [-0.39, 0.29) is 0 Å². The molecule has 26 heavy (non-hydrogen) atoms. The molecule has 0 spiro atoms. The molecule has 0 saturated heterocycles. The molecule has 1 N–H and O–H groups in total. The third-order valence-corrected chi connectivity index (χ3v) is 5.53. The minimum absolute atomic E-state index is 0.414. The van der Waals surface area contributed by atoms with E-state index in [1.165, 1.54) is 0 Å². The zero-order valence-electron chi connectivity index (χ0n) is 13.8. The molecule has 1 aliphatic rings. The van der Waals surface area contributed by atoms with E-state index in [9.17, 15) is 0 Å². The molecule has 5 nitrogen and oxygen atoms in total. The van der Waals surface area contributed by atoms with Gasteiger partial charge in [0.15, 0.2) is 0 Å². The Labute approximate surface area is 154 Å². The third-order valence-electron chi connectivity index (χ3n) is 4.75. The van der Waals surface area contributed by atoms with Gasteiger partial charge in [-0.2, -0.15) is 5.10 Å². The number of aromatic amines is 1. The van der Waals surface area contributed by atoms with Crippen molar-refractivity contribution in [2.24, 2.45) is 0 Å². The number of hydrogen-bond acceptors (Lipinski definition) is 5. The van der Waals surface area contributed by atoms with Crippen LogP contribution in [-0.4, -0.2) is 25.1 Å². The van der Waals surface area contributed by atoms with Crippen molar-refractivity contribution in [2.45, 2.75) is 11.8 Å². The first-order valence-corrected chi connectivity index (χ1v) is 9.24. The lowest BCUT2D eigenvalue weighted by Crippen LogP contribution is -2.32. The highest BCUT2D eigenvalue weighted by Crippen LogP contribution is 2.41. The molecule has 4 aromatic rings. The summed E-state index contributed by atoms with van der Waals surface area (Å²) in [6.07, 6.45) is 10.5. The van der Waals surface area contributed by atoms with E-state index in [2.05, 4.69) is 49.4 Å². The molecular formula is C20H15N5S. The molecule has 0 atom stereocenters. The van der Waals surface area contributed by atoms with Crippen LogP contribution >= 0.6 is 11.3 Å². The summed E-state index contributed by atoms with van der Waals surface area (Å²) in [5.74, 6) is 0. The molecule has 6 heteroatoms. The van der Waals surface area contributed by atoms with E-state index < -0.39 is 5.41 Å². The van der Waals surface area contributed by atoms with Crippen LogP contribution in [0, 0.1) is 0 Å². The lowest BCUT2D eigenvalue weighted by Gasteiger charge is -2.32. The van der Waals surface area contributed by atoms with Crippen molar-refractivity contribution in [3.05, 3.63) is 89.1 Å². The van der Waals surface area contributed by atoms with Gasteiger partial charge in [-0.15, -0.1) is 11.3 Å². The van der Waals surface area contributed by atoms with Crippen LogP contribution in [0.5, 0.6) is 0 Å². The molecule has 4 aromatic heterocycles. The zero-order valence-corrected chi connectivity index (χ0v) is 14.6. The molecule has 1 aliphatic carbocycles. The number of allylic oxidation sites excluding steroid dienone is 1. The maximum absolute atomic E-state index is 4.64. The molecule has 0 radical (unpaired) electrons. The van der Waals surface area contributed by atoms with Gasteiger partial charge in [-0.05, 0) is 24.3 Å². The van der Waals surface area contributed by atoms with Crippen LogP contribution in [0.1, 0.15) is 22.6 Å². The highest BCUT2D eigenvalue weighted by atomic mass is 32.1. The zero-order chi connectivity index (χ0) is 17.4. The summed E-state index contributed by atoms with van der Waals surface area (Å²) in [6.45, 7) is 0. The van der Waals surface area contributed by atoms with Gasteiger partial charge in [0.05, 0.1) is 16.8 Å². The second-order valence-electron chi connectivity index (χ2n) is 6.21. The Morgan fingerprint density at radius 2 is 1.69 bits per heavy atom. The highest BCUT2D eigenvalue weighted by Gasteiger charge is 2.39. The lowest BCUT2D eigenvalue weighted by molar-refractivity contribution is 0.582. The summed E-state index contributed by atoms with van der Waals surface area (Å²) in [7, 11) is 0. The van der Waals surface area contributed by atoms with Gasteiger partial charge >= 0.3 is 0 Å². The SMILES string of the molecule is C1=CC(c2ccccn2)(c2ccccn2)Cc2[nH]nc(-c3nccs3)c21. The standard InChI is InChI=1S/C20H15N5S/c1-3-9-21-16(5-1)20(17-6-2-4-10-22-17)8-7-14-15(13-20)24-25-18(14)19-23-11-12-26-19/h1-12H,13H2,(H,24,25). The molecule has 4 heterocycles. The molecular weight excluding hydrogens is 342 g/mol. The minimum atomic E-state index is -0.414. The topological polar surface area (TPSA) is 67.3 Å². The highest BCUT2D eigenvalue weighted by molar-refractivity contribution is 7.13. The van der Waals surface area contributed by atoms with Gasteiger partial charge in [-0.25, -0.2) is 4.98 Å².